The lowest BCUT2D eigenvalue weighted by Crippen LogP contribution is -1.98. The summed E-state index contributed by atoms with van der Waals surface area (Å²) in [6, 6.07) is 15.9. The average Bonchev–Trinajstić information content (AvgIpc) is 2.30. The van der Waals surface area contributed by atoms with Crippen molar-refractivity contribution in [2.75, 3.05) is 0 Å². The number of phenolic OH excluding ortho intramolecular Hbond substituents is 1. The lowest BCUT2D eigenvalue weighted by Gasteiger charge is -2.16. The summed E-state index contributed by atoms with van der Waals surface area (Å²) in [4.78, 5) is 0. The van der Waals surface area contributed by atoms with Gasteiger partial charge in [-0.15, -0.1) is 0 Å². The lowest BCUT2D eigenvalue weighted by molar-refractivity contribution is 0.465. The minimum atomic E-state index is 0.224. The van der Waals surface area contributed by atoms with Gasteiger partial charge in [0, 0.05) is 11.5 Å². The highest BCUT2D eigenvalue weighted by Crippen LogP contribution is 2.33. The molecule has 1 unspecified atom stereocenters. The van der Waals surface area contributed by atoms with Gasteiger partial charge in [-0.3, -0.25) is 0 Å². The molecule has 82 valence electrons. The predicted molar refractivity (Wildman–Crippen MR) is 66.8 cm³/mol. The molecule has 2 aromatic carbocycles. The first-order chi connectivity index (χ1) is 7.70. The van der Waals surface area contributed by atoms with Crippen LogP contribution in [0.5, 0.6) is 5.75 Å². The quantitative estimate of drug-likeness (QED) is 0.801. The van der Waals surface area contributed by atoms with E-state index >= 15 is 0 Å². The maximum atomic E-state index is 9.92. The Morgan fingerprint density at radius 1 is 0.938 bits per heavy atom. The van der Waals surface area contributed by atoms with Gasteiger partial charge in [0.25, 0.3) is 0 Å². The van der Waals surface area contributed by atoms with Crippen molar-refractivity contribution in [3.05, 3.63) is 65.2 Å². The molecule has 0 spiro atoms. The van der Waals surface area contributed by atoms with Crippen molar-refractivity contribution >= 4 is 0 Å². The van der Waals surface area contributed by atoms with Gasteiger partial charge in [-0.1, -0.05) is 49.4 Å². The van der Waals surface area contributed by atoms with E-state index in [0.717, 1.165) is 11.1 Å². The summed E-state index contributed by atoms with van der Waals surface area (Å²) in [6.45, 7) is 4.16. The minimum Gasteiger partial charge on any atom is -0.508 e. The molecule has 0 saturated carbocycles. The fraction of sp³-hybridized carbons (Fsp3) is 0.200. The van der Waals surface area contributed by atoms with Crippen molar-refractivity contribution in [2.45, 2.75) is 19.8 Å². The Morgan fingerprint density at radius 3 is 2.25 bits per heavy atom. The third-order valence-corrected chi connectivity index (χ3v) is 3.03. The Labute approximate surface area is 96.4 Å². The number of phenols is 1. The molecule has 0 fully saturated rings. The summed E-state index contributed by atoms with van der Waals surface area (Å²) in [7, 11) is 0. The van der Waals surface area contributed by atoms with Crippen LogP contribution in [0, 0.1) is 6.92 Å². The number of rotatable bonds is 2. The van der Waals surface area contributed by atoms with Crippen LogP contribution in [0.2, 0.25) is 0 Å². The predicted octanol–water partition coefficient (Wildman–Crippen LogP) is 3.85. The highest BCUT2D eigenvalue weighted by Gasteiger charge is 2.14. The molecule has 0 radical (unpaired) electrons. The number of aryl methyl sites for hydroxylation is 1. The van der Waals surface area contributed by atoms with Gasteiger partial charge < -0.3 is 5.11 Å². The molecule has 0 aromatic heterocycles. The van der Waals surface area contributed by atoms with E-state index in [9.17, 15) is 5.11 Å². The molecule has 0 saturated heterocycles. The zero-order valence-corrected chi connectivity index (χ0v) is 9.64. The monoisotopic (exact) mass is 212 g/mol. The third kappa shape index (κ3) is 1.94. The molecule has 0 aliphatic heterocycles. The standard InChI is InChI=1S/C15H16O/c1-11-7-6-10-14(16)15(11)12(2)13-8-4-3-5-9-13/h3-10,12,16H,1-2H3. The van der Waals surface area contributed by atoms with Gasteiger partial charge in [-0.25, -0.2) is 0 Å². The van der Waals surface area contributed by atoms with Crippen LogP contribution in [0.4, 0.5) is 0 Å². The molecule has 1 heteroatoms. The van der Waals surface area contributed by atoms with Gasteiger partial charge in [-0.2, -0.15) is 0 Å². The Kier molecular flexibility index (Phi) is 2.95. The van der Waals surface area contributed by atoms with E-state index < -0.39 is 0 Å². The van der Waals surface area contributed by atoms with Crippen LogP contribution in [0.1, 0.15) is 29.5 Å². The molecule has 2 rings (SSSR count). The Bertz CT molecular complexity index is 454. The fourth-order valence-corrected chi connectivity index (χ4v) is 2.14. The van der Waals surface area contributed by atoms with E-state index in [-0.39, 0.29) is 5.92 Å². The maximum Gasteiger partial charge on any atom is 0.119 e. The van der Waals surface area contributed by atoms with Crippen molar-refractivity contribution in [3.8, 4) is 5.75 Å². The van der Waals surface area contributed by atoms with Crippen LogP contribution in [0.25, 0.3) is 0 Å². The number of aromatic hydroxyl groups is 1. The molecule has 1 nitrogen and oxygen atoms in total. The number of benzene rings is 2. The zero-order chi connectivity index (χ0) is 11.5. The molecular weight excluding hydrogens is 196 g/mol. The van der Waals surface area contributed by atoms with Crippen LogP contribution in [-0.4, -0.2) is 5.11 Å². The van der Waals surface area contributed by atoms with E-state index in [1.165, 1.54) is 5.56 Å². The second kappa shape index (κ2) is 4.40. The SMILES string of the molecule is Cc1cccc(O)c1C(C)c1ccccc1. The van der Waals surface area contributed by atoms with Crippen LogP contribution < -0.4 is 0 Å². The smallest absolute Gasteiger partial charge is 0.119 e. The van der Waals surface area contributed by atoms with Gasteiger partial charge >= 0.3 is 0 Å². The number of hydrogen-bond acceptors (Lipinski definition) is 1. The van der Waals surface area contributed by atoms with E-state index in [1.807, 2.05) is 37.3 Å². The Hall–Kier alpha value is -1.76. The van der Waals surface area contributed by atoms with Gasteiger partial charge in [0.05, 0.1) is 0 Å². The normalized spacial score (nSPS) is 12.4. The van der Waals surface area contributed by atoms with Crippen molar-refractivity contribution in [2.24, 2.45) is 0 Å². The molecule has 0 amide bonds. The van der Waals surface area contributed by atoms with Crippen LogP contribution in [0.15, 0.2) is 48.5 Å². The van der Waals surface area contributed by atoms with E-state index in [2.05, 4.69) is 19.1 Å². The Balaban J connectivity index is 2.46. The van der Waals surface area contributed by atoms with Crippen molar-refractivity contribution in [1.29, 1.82) is 0 Å². The highest BCUT2D eigenvalue weighted by molar-refractivity contribution is 5.45. The summed E-state index contributed by atoms with van der Waals surface area (Å²) < 4.78 is 0. The first-order valence-electron chi connectivity index (χ1n) is 5.53. The number of hydrogen-bond donors (Lipinski definition) is 1. The van der Waals surface area contributed by atoms with Crippen LogP contribution in [-0.2, 0) is 0 Å². The van der Waals surface area contributed by atoms with Gasteiger partial charge in [0.2, 0.25) is 0 Å². The first kappa shape index (κ1) is 10.7. The van der Waals surface area contributed by atoms with Crippen molar-refractivity contribution in [1.82, 2.24) is 0 Å². The largest absolute Gasteiger partial charge is 0.508 e. The summed E-state index contributed by atoms with van der Waals surface area (Å²) in [5.74, 6) is 0.610. The lowest BCUT2D eigenvalue weighted by atomic mass is 9.89. The summed E-state index contributed by atoms with van der Waals surface area (Å²) in [5.41, 5.74) is 3.39. The molecular formula is C15H16O. The second-order valence-corrected chi connectivity index (χ2v) is 4.14. The zero-order valence-electron chi connectivity index (χ0n) is 9.64. The molecule has 0 heterocycles. The molecule has 2 aromatic rings. The molecule has 0 aliphatic rings. The van der Waals surface area contributed by atoms with E-state index in [4.69, 9.17) is 0 Å². The van der Waals surface area contributed by atoms with Gasteiger partial charge in [0.15, 0.2) is 0 Å². The first-order valence-corrected chi connectivity index (χ1v) is 5.53. The van der Waals surface area contributed by atoms with E-state index in [0.29, 0.717) is 5.75 Å². The van der Waals surface area contributed by atoms with Crippen molar-refractivity contribution in [3.63, 3.8) is 0 Å². The van der Waals surface area contributed by atoms with E-state index in [1.54, 1.807) is 6.07 Å². The highest BCUT2D eigenvalue weighted by atomic mass is 16.3. The van der Waals surface area contributed by atoms with Crippen molar-refractivity contribution < 1.29 is 5.11 Å². The average molecular weight is 212 g/mol. The third-order valence-electron chi connectivity index (χ3n) is 3.03. The molecule has 1 N–H and O–H groups in total. The molecule has 1 atom stereocenters. The van der Waals surface area contributed by atoms with Gasteiger partial charge in [-0.05, 0) is 24.1 Å². The second-order valence-electron chi connectivity index (χ2n) is 4.14. The summed E-state index contributed by atoms with van der Waals surface area (Å²) in [6.07, 6.45) is 0. The summed E-state index contributed by atoms with van der Waals surface area (Å²) in [5, 5.41) is 9.92. The summed E-state index contributed by atoms with van der Waals surface area (Å²) >= 11 is 0. The van der Waals surface area contributed by atoms with Crippen LogP contribution in [0.3, 0.4) is 0 Å². The molecule has 16 heavy (non-hydrogen) atoms. The maximum absolute atomic E-state index is 9.92. The van der Waals surface area contributed by atoms with Crippen LogP contribution >= 0.6 is 0 Å². The molecule has 0 aliphatic carbocycles. The topological polar surface area (TPSA) is 20.2 Å². The van der Waals surface area contributed by atoms with Gasteiger partial charge in [0.1, 0.15) is 5.75 Å². The Morgan fingerprint density at radius 2 is 1.62 bits per heavy atom. The fourth-order valence-electron chi connectivity index (χ4n) is 2.14. The molecule has 0 bridgehead atoms. The minimum absolute atomic E-state index is 0.224.